The Bertz CT molecular complexity index is 271. The summed E-state index contributed by atoms with van der Waals surface area (Å²) in [6.45, 7) is 5.23. The summed E-state index contributed by atoms with van der Waals surface area (Å²) >= 11 is 0. The summed E-state index contributed by atoms with van der Waals surface area (Å²) < 4.78 is 0. The van der Waals surface area contributed by atoms with Gasteiger partial charge in [-0.1, -0.05) is 12.8 Å². The van der Waals surface area contributed by atoms with Crippen molar-refractivity contribution in [3.05, 3.63) is 0 Å². The van der Waals surface area contributed by atoms with E-state index in [1.54, 1.807) is 0 Å². The van der Waals surface area contributed by atoms with Crippen LogP contribution in [0.2, 0.25) is 0 Å². The highest BCUT2D eigenvalue weighted by molar-refractivity contribution is 5.80. The number of nitrogens with zero attached hydrogens (tertiary/aromatic N) is 2. The molecule has 2 aliphatic rings. The van der Waals surface area contributed by atoms with Gasteiger partial charge in [-0.2, -0.15) is 0 Å². The quantitative estimate of drug-likeness (QED) is 0.589. The Morgan fingerprint density at radius 1 is 1.22 bits per heavy atom. The van der Waals surface area contributed by atoms with Crippen LogP contribution in [0.1, 0.15) is 45.4 Å². The highest BCUT2D eigenvalue weighted by Crippen LogP contribution is 2.18. The van der Waals surface area contributed by atoms with Crippen LogP contribution in [0, 0.1) is 0 Å². The molecule has 0 aromatic heterocycles. The smallest absolute Gasteiger partial charge is 0.191 e. The molecule has 0 radical (unpaired) electrons. The molecule has 0 aromatic carbocycles. The van der Waals surface area contributed by atoms with Gasteiger partial charge in [-0.3, -0.25) is 4.99 Å². The summed E-state index contributed by atoms with van der Waals surface area (Å²) in [5.74, 6) is 1.02. The summed E-state index contributed by atoms with van der Waals surface area (Å²) in [5, 5.41) is 6.94. The largest absolute Gasteiger partial charge is 0.357 e. The zero-order valence-electron chi connectivity index (χ0n) is 11.9. The Morgan fingerprint density at radius 3 is 2.61 bits per heavy atom. The van der Waals surface area contributed by atoms with E-state index in [4.69, 9.17) is 4.99 Å². The van der Waals surface area contributed by atoms with Crippen LogP contribution in [0.5, 0.6) is 0 Å². The van der Waals surface area contributed by atoms with E-state index in [0.717, 1.165) is 19.0 Å². The maximum atomic E-state index is 4.76. The minimum absolute atomic E-state index is 0.643. The normalized spacial score (nSPS) is 26.8. The van der Waals surface area contributed by atoms with E-state index < -0.39 is 0 Å². The van der Waals surface area contributed by atoms with Crippen molar-refractivity contribution < 1.29 is 0 Å². The molecule has 4 heteroatoms. The lowest BCUT2D eigenvalue weighted by molar-refractivity contribution is 0.317. The van der Waals surface area contributed by atoms with Gasteiger partial charge in [0.25, 0.3) is 0 Å². The Balaban J connectivity index is 1.82. The first kappa shape index (κ1) is 13.7. The molecule has 4 nitrogen and oxygen atoms in total. The van der Waals surface area contributed by atoms with Crippen molar-refractivity contribution in [2.24, 2.45) is 4.99 Å². The SMILES string of the molecule is CCNC(=NCC1CCCN1C)NC1CCCC1. The fourth-order valence-electron chi connectivity index (χ4n) is 2.99. The minimum atomic E-state index is 0.643. The highest BCUT2D eigenvalue weighted by Gasteiger charge is 2.21. The van der Waals surface area contributed by atoms with Crippen LogP contribution in [0.3, 0.4) is 0 Å². The van der Waals surface area contributed by atoms with Gasteiger partial charge in [0.2, 0.25) is 0 Å². The number of aliphatic imine (C=N–C) groups is 1. The van der Waals surface area contributed by atoms with Crippen LogP contribution in [-0.2, 0) is 0 Å². The van der Waals surface area contributed by atoms with Gasteiger partial charge in [0, 0.05) is 18.6 Å². The first-order valence-corrected chi connectivity index (χ1v) is 7.54. The molecule has 1 heterocycles. The van der Waals surface area contributed by atoms with Crippen molar-refractivity contribution in [3.8, 4) is 0 Å². The fourth-order valence-corrected chi connectivity index (χ4v) is 2.99. The first-order chi connectivity index (χ1) is 8.79. The molecular formula is C14H28N4. The van der Waals surface area contributed by atoms with E-state index in [1.165, 1.54) is 45.1 Å². The Labute approximate surface area is 111 Å². The van der Waals surface area contributed by atoms with Crippen LogP contribution in [0.25, 0.3) is 0 Å². The molecule has 1 saturated heterocycles. The van der Waals surface area contributed by atoms with Gasteiger partial charge < -0.3 is 15.5 Å². The Morgan fingerprint density at radius 2 is 2.00 bits per heavy atom. The standard InChI is InChI=1S/C14H28N4/c1-3-15-14(17-12-7-4-5-8-12)16-11-13-9-6-10-18(13)2/h12-13H,3-11H2,1-2H3,(H2,15,16,17). The molecule has 1 aliphatic heterocycles. The monoisotopic (exact) mass is 252 g/mol. The zero-order valence-corrected chi connectivity index (χ0v) is 11.9. The van der Waals surface area contributed by atoms with Crippen LogP contribution in [0.15, 0.2) is 4.99 Å². The number of nitrogens with one attached hydrogen (secondary N) is 2. The van der Waals surface area contributed by atoms with E-state index >= 15 is 0 Å². The summed E-state index contributed by atoms with van der Waals surface area (Å²) in [6.07, 6.45) is 7.94. The number of hydrogen-bond donors (Lipinski definition) is 2. The lowest BCUT2D eigenvalue weighted by atomic mass is 10.2. The van der Waals surface area contributed by atoms with E-state index in [0.29, 0.717) is 12.1 Å². The van der Waals surface area contributed by atoms with E-state index in [2.05, 4.69) is 29.5 Å². The van der Waals surface area contributed by atoms with Gasteiger partial charge in [-0.05, 0) is 46.2 Å². The van der Waals surface area contributed by atoms with Gasteiger partial charge in [-0.25, -0.2) is 0 Å². The topological polar surface area (TPSA) is 39.7 Å². The van der Waals surface area contributed by atoms with Crippen molar-refractivity contribution in [2.45, 2.75) is 57.5 Å². The van der Waals surface area contributed by atoms with E-state index in [-0.39, 0.29) is 0 Å². The van der Waals surface area contributed by atoms with Gasteiger partial charge in [0.15, 0.2) is 5.96 Å². The molecule has 2 fully saturated rings. The van der Waals surface area contributed by atoms with Gasteiger partial charge in [0.1, 0.15) is 0 Å². The second-order valence-electron chi connectivity index (χ2n) is 5.62. The zero-order chi connectivity index (χ0) is 12.8. The second-order valence-corrected chi connectivity index (χ2v) is 5.62. The summed E-state index contributed by atoms with van der Waals surface area (Å²) in [5.41, 5.74) is 0. The molecule has 1 unspecified atom stereocenters. The average Bonchev–Trinajstić information content (AvgIpc) is 2.98. The molecule has 0 bridgehead atoms. The van der Waals surface area contributed by atoms with Crippen molar-refractivity contribution in [1.29, 1.82) is 0 Å². The molecule has 0 aromatic rings. The van der Waals surface area contributed by atoms with Gasteiger partial charge in [0.05, 0.1) is 6.54 Å². The van der Waals surface area contributed by atoms with Crippen LogP contribution >= 0.6 is 0 Å². The third-order valence-electron chi connectivity index (χ3n) is 4.17. The fraction of sp³-hybridized carbons (Fsp3) is 0.929. The molecule has 1 atom stereocenters. The number of rotatable bonds is 4. The van der Waals surface area contributed by atoms with E-state index in [1.807, 2.05) is 0 Å². The predicted molar refractivity (Wildman–Crippen MR) is 77.0 cm³/mol. The molecule has 2 rings (SSSR count). The first-order valence-electron chi connectivity index (χ1n) is 7.54. The third-order valence-corrected chi connectivity index (χ3v) is 4.17. The number of hydrogen-bond acceptors (Lipinski definition) is 2. The highest BCUT2D eigenvalue weighted by atomic mass is 15.2. The lowest BCUT2D eigenvalue weighted by Crippen LogP contribution is -2.43. The summed E-state index contributed by atoms with van der Waals surface area (Å²) in [6, 6.07) is 1.29. The molecule has 0 amide bonds. The molecule has 18 heavy (non-hydrogen) atoms. The maximum absolute atomic E-state index is 4.76. The molecule has 104 valence electrons. The predicted octanol–water partition coefficient (Wildman–Crippen LogP) is 1.58. The van der Waals surface area contributed by atoms with Crippen LogP contribution in [0.4, 0.5) is 0 Å². The number of likely N-dealkylation sites (N-methyl/N-ethyl adjacent to an activating group) is 1. The van der Waals surface area contributed by atoms with Crippen LogP contribution in [-0.4, -0.2) is 49.6 Å². The van der Waals surface area contributed by atoms with Crippen molar-refractivity contribution in [2.75, 3.05) is 26.7 Å². The number of guanidine groups is 1. The van der Waals surface area contributed by atoms with Crippen molar-refractivity contribution in [1.82, 2.24) is 15.5 Å². The Hall–Kier alpha value is -0.770. The molecule has 1 saturated carbocycles. The summed E-state index contributed by atoms with van der Waals surface area (Å²) in [4.78, 5) is 7.20. The molecule has 0 spiro atoms. The second kappa shape index (κ2) is 6.98. The molecular weight excluding hydrogens is 224 g/mol. The molecule has 1 aliphatic carbocycles. The van der Waals surface area contributed by atoms with E-state index in [9.17, 15) is 0 Å². The lowest BCUT2D eigenvalue weighted by Gasteiger charge is -2.20. The van der Waals surface area contributed by atoms with Crippen molar-refractivity contribution >= 4 is 5.96 Å². The maximum Gasteiger partial charge on any atom is 0.191 e. The Kier molecular flexibility index (Phi) is 5.29. The number of likely N-dealkylation sites (tertiary alicyclic amines) is 1. The van der Waals surface area contributed by atoms with Crippen LogP contribution < -0.4 is 10.6 Å². The minimum Gasteiger partial charge on any atom is -0.357 e. The van der Waals surface area contributed by atoms with Crippen molar-refractivity contribution in [3.63, 3.8) is 0 Å². The molecule has 2 N–H and O–H groups in total. The average molecular weight is 252 g/mol. The van der Waals surface area contributed by atoms with Gasteiger partial charge in [-0.15, -0.1) is 0 Å². The third kappa shape index (κ3) is 3.87. The summed E-state index contributed by atoms with van der Waals surface area (Å²) in [7, 11) is 2.21. The van der Waals surface area contributed by atoms with Gasteiger partial charge >= 0.3 is 0 Å².